The van der Waals surface area contributed by atoms with Gasteiger partial charge in [-0.25, -0.2) is 13.4 Å². The number of hydrogen-bond acceptors (Lipinski definition) is 6. The summed E-state index contributed by atoms with van der Waals surface area (Å²) in [5.74, 6) is -0.214. The van der Waals surface area contributed by atoms with Crippen molar-refractivity contribution >= 4 is 54.2 Å². The molecule has 1 fully saturated rings. The van der Waals surface area contributed by atoms with Gasteiger partial charge in [0.05, 0.1) is 14.6 Å². The van der Waals surface area contributed by atoms with Crippen LogP contribution in [0.3, 0.4) is 0 Å². The van der Waals surface area contributed by atoms with Crippen molar-refractivity contribution in [2.75, 3.05) is 45.2 Å². The number of para-hydroxylation sites is 1. The Hall–Kier alpha value is -2.04. The fourth-order valence-electron chi connectivity index (χ4n) is 3.85. The molecule has 1 amide bonds. The molecular weight excluding hydrogens is 480 g/mol. The number of amides is 1. The largest absolute Gasteiger partial charge is 0.309 e. The minimum Gasteiger partial charge on any atom is -0.309 e. The first-order chi connectivity index (χ1) is 15.8. The number of carbonyl (C=O) groups is 1. The summed E-state index contributed by atoms with van der Waals surface area (Å²) in [6.07, 6.45) is 2.53. The molecule has 7 nitrogen and oxygen atoms in total. The fourth-order valence-corrected chi connectivity index (χ4v) is 6.66. The molecule has 33 heavy (non-hydrogen) atoms. The summed E-state index contributed by atoms with van der Waals surface area (Å²) in [6, 6.07) is 11.8. The predicted molar refractivity (Wildman–Crippen MR) is 134 cm³/mol. The van der Waals surface area contributed by atoms with Crippen molar-refractivity contribution < 1.29 is 13.2 Å². The second-order valence-corrected chi connectivity index (χ2v) is 11.7. The number of benzene rings is 2. The van der Waals surface area contributed by atoms with Crippen LogP contribution in [0.5, 0.6) is 0 Å². The maximum Gasteiger partial charge on any atom is 0.260 e. The summed E-state index contributed by atoms with van der Waals surface area (Å²) < 4.78 is 28.0. The van der Waals surface area contributed by atoms with Crippen LogP contribution in [0.4, 0.5) is 5.13 Å². The first-order valence-corrected chi connectivity index (χ1v) is 13.5. The van der Waals surface area contributed by atoms with E-state index in [0.717, 1.165) is 30.5 Å². The number of hydrogen-bond donors (Lipinski definition) is 0. The molecule has 10 heteroatoms. The Labute approximate surface area is 203 Å². The topological polar surface area (TPSA) is 73.8 Å². The number of rotatable bonds is 8. The number of nitrogens with zero attached hydrogens (tertiary/aromatic N) is 4. The number of anilines is 1. The number of thiazole rings is 1. The van der Waals surface area contributed by atoms with E-state index in [1.807, 2.05) is 26.2 Å². The molecule has 0 N–H and O–H groups in total. The van der Waals surface area contributed by atoms with Gasteiger partial charge >= 0.3 is 0 Å². The number of sulfonamides is 1. The van der Waals surface area contributed by atoms with Crippen molar-refractivity contribution in [1.29, 1.82) is 0 Å². The molecule has 3 aromatic rings. The number of halogens is 1. The van der Waals surface area contributed by atoms with Crippen LogP contribution in [0, 0.1) is 0 Å². The predicted octanol–water partition coefficient (Wildman–Crippen LogP) is 4.33. The Balaban J connectivity index is 1.62. The Morgan fingerprint density at radius 3 is 2.42 bits per heavy atom. The molecule has 4 rings (SSSR count). The molecule has 0 bridgehead atoms. The lowest BCUT2D eigenvalue weighted by atomic mass is 10.2. The quantitative estimate of drug-likeness (QED) is 0.454. The van der Waals surface area contributed by atoms with Crippen LogP contribution in [-0.2, 0) is 10.0 Å². The zero-order valence-electron chi connectivity index (χ0n) is 18.7. The zero-order valence-corrected chi connectivity index (χ0v) is 21.1. The second-order valence-electron chi connectivity index (χ2n) is 8.33. The van der Waals surface area contributed by atoms with Crippen molar-refractivity contribution in [3.8, 4) is 0 Å². The highest BCUT2D eigenvalue weighted by Crippen LogP contribution is 2.33. The van der Waals surface area contributed by atoms with E-state index in [2.05, 4.69) is 9.88 Å². The lowest BCUT2D eigenvalue weighted by Crippen LogP contribution is -2.33. The van der Waals surface area contributed by atoms with Crippen molar-refractivity contribution in [3.05, 3.63) is 53.1 Å². The highest BCUT2D eigenvalue weighted by atomic mass is 35.5. The van der Waals surface area contributed by atoms with Gasteiger partial charge in [-0.2, -0.15) is 4.31 Å². The molecule has 2 heterocycles. The Morgan fingerprint density at radius 1 is 1.09 bits per heavy atom. The van der Waals surface area contributed by atoms with Gasteiger partial charge in [0.25, 0.3) is 5.91 Å². The SMILES string of the molecule is CN(C)CCCN(C(=O)c1ccc(S(=O)(=O)N2CCCC2)cc1)c1nc2c(Cl)cccc2s1. The highest BCUT2D eigenvalue weighted by molar-refractivity contribution is 7.89. The molecule has 1 aliphatic rings. The van der Waals surface area contributed by atoms with E-state index in [0.29, 0.717) is 40.9 Å². The van der Waals surface area contributed by atoms with E-state index in [1.54, 1.807) is 23.1 Å². The van der Waals surface area contributed by atoms with Gasteiger partial charge in [0.1, 0.15) is 5.52 Å². The minimum absolute atomic E-state index is 0.214. The third kappa shape index (κ3) is 5.22. The molecule has 0 saturated carbocycles. The summed E-state index contributed by atoms with van der Waals surface area (Å²) in [5.41, 5.74) is 1.10. The highest BCUT2D eigenvalue weighted by Gasteiger charge is 2.28. The first kappa shape index (κ1) is 24.1. The zero-order chi connectivity index (χ0) is 23.6. The van der Waals surface area contributed by atoms with E-state index in [9.17, 15) is 13.2 Å². The van der Waals surface area contributed by atoms with Crippen molar-refractivity contribution in [2.45, 2.75) is 24.2 Å². The van der Waals surface area contributed by atoms with E-state index < -0.39 is 10.0 Å². The Bertz CT molecular complexity index is 1240. The normalized spacial score (nSPS) is 14.9. The van der Waals surface area contributed by atoms with Gasteiger partial charge in [0.2, 0.25) is 10.0 Å². The van der Waals surface area contributed by atoms with Crippen LogP contribution in [-0.4, -0.2) is 68.8 Å². The summed E-state index contributed by atoms with van der Waals surface area (Å²) in [7, 11) is 0.457. The van der Waals surface area contributed by atoms with Gasteiger partial charge in [-0.15, -0.1) is 0 Å². The third-order valence-corrected chi connectivity index (χ3v) is 8.89. The van der Waals surface area contributed by atoms with E-state index in [4.69, 9.17) is 11.6 Å². The molecule has 0 aliphatic carbocycles. The maximum atomic E-state index is 13.5. The van der Waals surface area contributed by atoms with Crippen LogP contribution in [0.1, 0.15) is 29.6 Å². The minimum atomic E-state index is -3.52. The molecule has 0 spiro atoms. The fraction of sp³-hybridized carbons (Fsp3) is 0.391. The molecule has 1 saturated heterocycles. The average Bonchev–Trinajstić information content (AvgIpc) is 3.47. The van der Waals surface area contributed by atoms with Gasteiger partial charge in [-0.3, -0.25) is 9.69 Å². The van der Waals surface area contributed by atoms with Crippen LogP contribution >= 0.6 is 22.9 Å². The number of aromatic nitrogens is 1. The molecule has 2 aromatic carbocycles. The summed E-state index contributed by atoms with van der Waals surface area (Å²) >= 11 is 7.72. The molecular formula is C23H27ClN4O3S2. The lowest BCUT2D eigenvalue weighted by Gasteiger charge is -2.21. The van der Waals surface area contributed by atoms with Crippen LogP contribution in [0.25, 0.3) is 10.2 Å². The third-order valence-electron chi connectivity index (χ3n) is 5.63. The molecule has 0 unspecified atom stereocenters. The average molecular weight is 507 g/mol. The second kappa shape index (κ2) is 10.1. The Kier molecular flexibility index (Phi) is 7.35. The van der Waals surface area contributed by atoms with Crippen LogP contribution in [0.15, 0.2) is 47.4 Å². The van der Waals surface area contributed by atoms with Crippen LogP contribution in [0.2, 0.25) is 5.02 Å². The molecule has 1 aromatic heterocycles. The standard InChI is InChI=1S/C23H27ClN4O3S2/c1-26(2)13-6-16-28(23-25-21-19(24)7-5-8-20(21)32-23)22(29)17-9-11-18(12-10-17)33(30,31)27-14-3-4-15-27/h5,7-12H,3-4,6,13-16H2,1-2H3. The molecule has 1 aliphatic heterocycles. The maximum absolute atomic E-state index is 13.5. The molecule has 0 radical (unpaired) electrons. The molecule has 0 atom stereocenters. The van der Waals surface area contributed by atoms with E-state index in [-0.39, 0.29) is 10.8 Å². The number of fused-ring (bicyclic) bond motifs is 1. The first-order valence-electron chi connectivity index (χ1n) is 10.9. The number of carbonyl (C=O) groups excluding carboxylic acids is 1. The summed E-state index contributed by atoms with van der Waals surface area (Å²) in [6.45, 7) is 2.40. The van der Waals surface area contributed by atoms with Gasteiger partial charge < -0.3 is 4.90 Å². The summed E-state index contributed by atoms with van der Waals surface area (Å²) in [4.78, 5) is 22.1. The van der Waals surface area contributed by atoms with Gasteiger partial charge in [-0.05, 0) is 76.3 Å². The smallest absolute Gasteiger partial charge is 0.260 e. The monoisotopic (exact) mass is 506 g/mol. The van der Waals surface area contributed by atoms with E-state index >= 15 is 0 Å². The van der Waals surface area contributed by atoms with Crippen LogP contribution < -0.4 is 4.90 Å². The van der Waals surface area contributed by atoms with Crippen molar-refractivity contribution in [1.82, 2.24) is 14.2 Å². The van der Waals surface area contributed by atoms with Gasteiger partial charge in [0, 0.05) is 25.2 Å². The molecule has 176 valence electrons. The van der Waals surface area contributed by atoms with Gasteiger partial charge in [0.15, 0.2) is 5.13 Å². The van der Waals surface area contributed by atoms with Crippen molar-refractivity contribution in [2.24, 2.45) is 0 Å². The summed E-state index contributed by atoms with van der Waals surface area (Å²) in [5, 5.41) is 1.13. The van der Waals surface area contributed by atoms with Crippen molar-refractivity contribution in [3.63, 3.8) is 0 Å². The van der Waals surface area contributed by atoms with E-state index in [1.165, 1.54) is 27.8 Å². The Morgan fingerprint density at radius 2 is 1.79 bits per heavy atom. The lowest BCUT2D eigenvalue weighted by molar-refractivity contribution is 0.0986. The van der Waals surface area contributed by atoms with Gasteiger partial charge in [-0.1, -0.05) is 29.0 Å².